The molecule has 1 aromatic carbocycles. The van der Waals surface area contributed by atoms with E-state index in [0.29, 0.717) is 26.2 Å². The van der Waals surface area contributed by atoms with Crippen molar-refractivity contribution >= 4 is 15.9 Å². The van der Waals surface area contributed by atoms with E-state index < -0.39 is 0 Å². The van der Waals surface area contributed by atoms with Crippen LogP contribution in [0.5, 0.6) is 5.75 Å². The van der Waals surface area contributed by atoms with Gasteiger partial charge in [0.25, 0.3) is 0 Å². The number of aryl methyl sites for hydroxylation is 1. The highest BCUT2D eigenvalue weighted by Crippen LogP contribution is 2.28. The maximum atomic E-state index is 12.1. The fourth-order valence-electron chi connectivity index (χ4n) is 1.76. The predicted octanol–water partition coefficient (Wildman–Crippen LogP) is 3.23. The number of hydrogen-bond donors (Lipinski definition) is 1. The molecular formula is C14H21BrFNO2. The van der Waals surface area contributed by atoms with Gasteiger partial charge >= 0.3 is 0 Å². The Balaban J connectivity index is 2.69. The molecule has 0 spiro atoms. The van der Waals surface area contributed by atoms with E-state index in [1.54, 1.807) is 7.11 Å². The molecule has 108 valence electrons. The van der Waals surface area contributed by atoms with E-state index in [4.69, 9.17) is 9.47 Å². The molecule has 1 N–H and O–H groups in total. The molecule has 0 fully saturated rings. The normalized spacial score (nSPS) is 10.7. The molecule has 0 heterocycles. The van der Waals surface area contributed by atoms with Gasteiger partial charge < -0.3 is 14.8 Å². The van der Waals surface area contributed by atoms with Gasteiger partial charge in [-0.1, -0.05) is 15.9 Å². The summed E-state index contributed by atoms with van der Waals surface area (Å²) in [5.74, 6) is 0.849. The fourth-order valence-corrected chi connectivity index (χ4v) is 2.38. The maximum absolute atomic E-state index is 12.1. The molecule has 0 aliphatic carbocycles. The van der Waals surface area contributed by atoms with E-state index >= 15 is 0 Å². The molecule has 0 aromatic heterocycles. The van der Waals surface area contributed by atoms with Crippen molar-refractivity contribution in [2.75, 3.05) is 33.5 Å². The molecule has 0 amide bonds. The van der Waals surface area contributed by atoms with Crippen LogP contribution in [0.4, 0.5) is 4.39 Å². The smallest absolute Gasteiger partial charge is 0.126 e. The van der Waals surface area contributed by atoms with E-state index in [1.165, 1.54) is 0 Å². The summed E-state index contributed by atoms with van der Waals surface area (Å²) in [5.41, 5.74) is 2.12. The third kappa shape index (κ3) is 5.89. The Morgan fingerprint density at radius 1 is 1.32 bits per heavy atom. The van der Waals surface area contributed by atoms with Gasteiger partial charge in [0, 0.05) is 36.7 Å². The molecule has 0 unspecified atom stereocenters. The quantitative estimate of drug-likeness (QED) is 0.704. The molecule has 1 rings (SSSR count). The minimum absolute atomic E-state index is 0.350. The van der Waals surface area contributed by atoms with Crippen molar-refractivity contribution < 1.29 is 13.9 Å². The van der Waals surface area contributed by atoms with Crippen LogP contribution in [0.1, 0.15) is 17.5 Å². The average Bonchev–Trinajstić information content (AvgIpc) is 2.37. The van der Waals surface area contributed by atoms with Crippen molar-refractivity contribution in [1.82, 2.24) is 5.32 Å². The van der Waals surface area contributed by atoms with Crippen molar-refractivity contribution in [3.05, 3.63) is 27.7 Å². The lowest BCUT2D eigenvalue weighted by Gasteiger charge is -2.15. The summed E-state index contributed by atoms with van der Waals surface area (Å²) in [6, 6.07) is 4.03. The number of benzene rings is 1. The second-order valence-electron chi connectivity index (χ2n) is 4.27. The summed E-state index contributed by atoms with van der Waals surface area (Å²) in [5, 5.41) is 3.29. The van der Waals surface area contributed by atoms with Crippen molar-refractivity contribution in [3.8, 4) is 5.75 Å². The van der Waals surface area contributed by atoms with Gasteiger partial charge in [-0.05, 0) is 24.6 Å². The molecule has 5 heteroatoms. The van der Waals surface area contributed by atoms with Gasteiger partial charge in [0.1, 0.15) is 5.75 Å². The van der Waals surface area contributed by atoms with Crippen molar-refractivity contribution in [1.29, 1.82) is 0 Å². The first-order valence-electron chi connectivity index (χ1n) is 6.36. The second kappa shape index (κ2) is 9.28. The Morgan fingerprint density at radius 2 is 2.11 bits per heavy atom. The van der Waals surface area contributed by atoms with Crippen LogP contribution in [-0.2, 0) is 11.3 Å². The van der Waals surface area contributed by atoms with Gasteiger partial charge in [0.05, 0.1) is 19.9 Å². The van der Waals surface area contributed by atoms with E-state index in [0.717, 1.165) is 27.9 Å². The number of ether oxygens (including phenoxy) is 2. The second-order valence-corrected chi connectivity index (χ2v) is 5.19. The summed E-state index contributed by atoms with van der Waals surface area (Å²) in [6.07, 6.45) is 0.423. The van der Waals surface area contributed by atoms with Crippen LogP contribution >= 0.6 is 15.9 Å². The first kappa shape index (κ1) is 16.4. The fraction of sp³-hybridized carbons (Fsp3) is 0.571. The number of halogens is 2. The number of methoxy groups -OCH3 is 1. The zero-order valence-corrected chi connectivity index (χ0v) is 13.1. The number of alkyl halides is 1. The van der Waals surface area contributed by atoms with Crippen molar-refractivity contribution in [3.63, 3.8) is 0 Å². The lowest BCUT2D eigenvalue weighted by Crippen LogP contribution is -2.19. The molecular weight excluding hydrogens is 313 g/mol. The van der Waals surface area contributed by atoms with Gasteiger partial charge in [0.2, 0.25) is 0 Å². The minimum atomic E-state index is -0.350. The molecule has 0 atom stereocenters. The van der Waals surface area contributed by atoms with Crippen molar-refractivity contribution in [2.45, 2.75) is 19.9 Å². The highest BCUT2D eigenvalue weighted by Gasteiger charge is 2.09. The summed E-state index contributed by atoms with van der Waals surface area (Å²) >= 11 is 3.48. The van der Waals surface area contributed by atoms with Crippen LogP contribution in [0, 0.1) is 6.92 Å². The Kier molecular flexibility index (Phi) is 8.02. The summed E-state index contributed by atoms with van der Waals surface area (Å²) < 4.78 is 23.8. The third-order valence-corrected chi connectivity index (χ3v) is 3.10. The Hall–Kier alpha value is -0.650. The van der Waals surface area contributed by atoms with E-state index in [2.05, 4.69) is 21.2 Å². The molecule has 0 saturated carbocycles. The van der Waals surface area contributed by atoms with Crippen LogP contribution in [0.2, 0.25) is 0 Å². The van der Waals surface area contributed by atoms with Crippen molar-refractivity contribution in [2.24, 2.45) is 0 Å². The molecule has 3 nitrogen and oxygen atoms in total. The van der Waals surface area contributed by atoms with Gasteiger partial charge in [-0.15, -0.1) is 0 Å². The zero-order valence-electron chi connectivity index (χ0n) is 11.5. The minimum Gasteiger partial charge on any atom is -0.493 e. The number of rotatable bonds is 9. The highest BCUT2D eigenvalue weighted by atomic mass is 79.9. The summed E-state index contributed by atoms with van der Waals surface area (Å²) in [7, 11) is 1.68. The van der Waals surface area contributed by atoms with Gasteiger partial charge in [-0.2, -0.15) is 0 Å². The molecule has 0 bridgehead atoms. The van der Waals surface area contributed by atoms with E-state index in [1.807, 2.05) is 19.1 Å². The monoisotopic (exact) mass is 333 g/mol. The van der Waals surface area contributed by atoms with Crippen LogP contribution in [0.15, 0.2) is 16.6 Å². The van der Waals surface area contributed by atoms with Gasteiger partial charge in [-0.25, -0.2) is 0 Å². The Labute approximate surface area is 122 Å². The number of nitrogens with one attached hydrogen (secondary N) is 1. The lowest BCUT2D eigenvalue weighted by molar-refractivity contribution is 0.199. The predicted molar refractivity (Wildman–Crippen MR) is 78.5 cm³/mol. The van der Waals surface area contributed by atoms with E-state index in [-0.39, 0.29) is 6.67 Å². The molecule has 0 aliphatic heterocycles. The average molecular weight is 334 g/mol. The standard InChI is InChI=1S/C14H21BrFNO2/c1-11-8-13(15)9-12(10-17-5-7-18-2)14(11)19-6-3-4-16/h8-9,17H,3-7,10H2,1-2H3. The molecule has 0 saturated heterocycles. The summed E-state index contributed by atoms with van der Waals surface area (Å²) in [6.45, 7) is 4.21. The highest BCUT2D eigenvalue weighted by molar-refractivity contribution is 9.10. The number of hydrogen-bond acceptors (Lipinski definition) is 3. The molecule has 0 aliphatic rings. The molecule has 0 radical (unpaired) electrons. The molecule has 19 heavy (non-hydrogen) atoms. The zero-order chi connectivity index (χ0) is 14.1. The van der Waals surface area contributed by atoms with Crippen LogP contribution in [0.3, 0.4) is 0 Å². The first-order valence-corrected chi connectivity index (χ1v) is 7.15. The Bertz CT molecular complexity index is 388. The van der Waals surface area contributed by atoms with Crippen LogP contribution in [-0.4, -0.2) is 33.5 Å². The maximum Gasteiger partial charge on any atom is 0.126 e. The van der Waals surface area contributed by atoms with E-state index in [9.17, 15) is 4.39 Å². The topological polar surface area (TPSA) is 30.5 Å². The molecule has 1 aromatic rings. The Morgan fingerprint density at radius 3 is 2.79 bits per heavy atom. The van der Waals surface area contributed by atoms with Crippen LogP contribution < -0.4 is 10.1 Å². The SMILES string of the molecule is COCCNCc1cc(Br)cc(C)c1OCCCF. The van der Waals surface area contributed by atoms with Gasteiger partial charge in [0.15, 0.2) is 0 Å². The van der Waals surface area contributed by atoms with Gasteiger partial charge in [-0.3, -0.25) is 4.39 Å². The lowest BCUT2D eigenvalue weighted by atomic mass is 10.1. The largest absolute Gasteiger partial charge is 0.493 e. The first-order chi connectivity index (χ1) is 9.19. The third-order valence-electron chi connectivity index (χ3n) is 2.64. The van der Waals surface area contributed by atoms with Crippen LogP contribution in [0.25, 0.3) is 0 Å². The summed E-state index contributed by atoms with van der Waals surface area (Å²) in [4.78, 5) is 0.